The molecule has 1 rings (SSSR count). The summed E-state index contributed by atoms with van der Waals surface area (Å²) >= 11 is 0. The van der Waals surface area contributed by atoms with Crippen molar-refractivity contribution in [1.82, 2.24) is 0 Å². The quantitative estimate of drug-likeness (QED) is 0.614. The smallest absolute Gasteiger partial charge is 0.0399 e. The Morgan fingerprint density at radius 2 is 1.54 bits per heavy atom. The van der Waals surface area contributed by atoms with Gasteiger partial charge in [-0.05, 0) is 20.8 Å². The van der Waals surface area contributed by atoms with Crippen LogP contribution in [0.25, 0.3) is 0 Å². The van der Waals surface area contributed by atoms with Crippen molar-refractivity contribution in [3.8, 4) is 0 Å². The first kappa shape index (κ1) is 10.9. The Kier molecular flexibility index (Phi) is 4.15. The van der Waals surface area contributed by atoms with Gasteiger partial charge in [0, 0.05) is 26.6 Å². The molecular weight excluding hydrogens is 204 g/mol. The summed E-state index contributed by atoms with van der Waals surface area (Å²) in [5.74, 6) is 0. The summed E-state index contributed by atoms with van der Waals surface area (Å²) in [6.07, 6.45) is 0. The highest BCUT2D eigenvalue weighted by atomic mass is 29.5. The van der Waals surface area contributed by atoms with E-state index in [1.54, 1.807) is 16.3 Å². The SMILES string of the molecule is C[SiH2][SiH2][SiH2]c1c(C)cc(C)cc1C. The highest BCUT2D eigenvalue weighted by Gasteiger charge is 2.03. The maximum atomic E-state index is 2.48. The summed E-state index contributed by atoms with van der Waals surface area (Å²) < 4.78 is 0. The molecule has 0 bridgehead atoms. The fourth-order valence-corrected chi connectivity index (χ4v) is 14.5. The first-order valence-electron chi connectivity index (χ1n) is 5.22. The molecule has 0 N–H and O–H groups in total. The largest absolute Gasteiger partial charge is 0.0773 e. The fraction of sp³-hybridized carbons (Fsp3) is 0.400. The van der Waals surface area contributed by atoms with Crippen molar-refractivity contribution in [2.45, 2.75) is 27.3 Å². The van der Waals surface area contributed by atoms with Gasteiger partial charge in [0.25, 0.3) is 0 Å². The predicted molar refractivity (Wildman–Crippen MR) is 71.8 cm³/mol. The average molecular weight is 225 g/mol. The maximum absolute atomic E-state index is 2.48. The van der Waals surface area contributed by atoms with Gasteiger partial charge in [-0.3, -0.25) is 0 Å². The Labute approximate surface area is 88.2 Å². The van der Waals surface area contributed by atoms with E-state index in [4.69, 9.17) is 0 Å². The van der Waals surface area contributed by atoms with E-state index in [9.17, 15) is 0 Å². The monoisotopic (exact) mass is 224 g/mol. The van der Waals surface area contributed by atoms with Crippen LogP contribution in [0.4, 0.5) is 0 Å². The van der Waals surface area contributed by atoms with Gasteiger partial charge in [0.1, 0.15) is 0 Å². The van der Waals surface area contributed by atoms with E-state index in [2.05, 4.69) is 39.5 Å². The molecule has 0 aliphatic rings. The molecule has 1 aromatic carbocycles. The van der Waals surface area contributed by atoms with Crippen LogP contribution in [0.2, 0.25) is 6.55 Å². The molecule has 0 fully saturated rings. The van der Waals surface area contributed by atoms with Crippen molar-refractivity contribution in [2.24, 2.45) is 0 Å². The minimum absolute atomic E-state index is 0.215. The second kappa shape index (κ2) is 4.93. The summed E-state index contributed by atoms with van der Waals surface area (Å²) in [7, 11) is 1.09. The van der Waals surface area contributed by atoms with E-state index in [1.807, 2.05) is 0 Å². The van der Waals surface area contributed by atoms with Crippen LogP contribution in [-0.2, 0) is 0 Å². The minimum Gasteiger partial charge on any atom is -0.0773 e. The Hall–Kier alpha value is -0.129. The Morgan fingerprint density at radius 1 is 1.00 bits per heavy atom. The molecule has 0 saturated heterocycles. The van der Waals surface area contributed by atoms with Gasteiger partial charge >= 0.3 is 0 Å². The number of aryl methyl sites for hydroxylation is 3. The van der Waals surface area contributed by atoms with E-state index >= 15 is 0 Å². The molecule has 0 nitrogen and oxygen atoms in total. The van der Waals surface area contributed by atoms with Crippen molar-refractivity contribution < 1.29 is 0 Å². The third-order valence-electron chi connectivity index (χ3n) is 2.62. The third kappa shape index (κ3) is 2.93. The summed E-state index contributed by atoms with van der Waals surface area (Å²) in [5, 5.41) is 1.80. The maximum Gasteiger partial charge on any atom is 0.0399 e. The number of rotatable bonds is 3. The molecule has 0 spiro atoms. The van der Waals surface area contributed by atoms with Crippen molar-refractivity contribution in [2.75, 3.05) is 0 Å². The lowest BCUT2D eigenvalue weighted by atomic mass is 10.1. The second-order valence-corrected chi connectivity index (χ2v) is 19.9. The zero-order valence-electron chi connectivity index (χ0n) is 9.28. The Morgan fingerprint density at radius 3 is 2.00 bits per heavy atom. The van der Waals surface area contributed by atoms with E-state index in [-0.39, 0.29) is 9.04 Å². The predicted octanol–water partition coefficient (Wildman–Crippen LogP) is -0.378. The molecule has 1 aromatic rings. The summed E-state index contributed by atoms with van der Waals surface area (Å²) in [4.78, 5) is 0. The lowest BCUT2D eigenvalue weighted by Gasteiger charge is -2.09. The van der Waals surface area contributed by atoms with E-state index in [0.717, 1.165) is 0 Å². The van der Waals surface area contributed by atoms with E-state index < -0.39 is 0 Å². The molecule has 0 radical (unpaired) electrons. The van der Waals surface area contributed by atoms with E-state index in [0.29, 0.717) is 17.6 Å². The topological polar surface area (TPSA) is 0 Å². The summed E-state index contributed by atoms with van der Waals surface area (Å²) in [5.41, 5.74) is 4.60. The number of hydrogen-bond donors (Lipinski definition) is 0. The van der Waals surface area contributed by atoms with Crippen LogP contribution >= 0.6 is 0 Å². The third-order valence-corrected chi connectivity index (χ3v) is 19.5. The van der Waals surface area contributed by atoms with Crippen LogP contribution in [0.15, 0.2) is 12.1 Å². The van der Waals surface area contributed by atoms with Crippen molar-refractivity contribution >= 4 is 31.8 Å². The molecule has 0 saturated carbocycles. The minimum atomic E-state index is 0.215. The molecule has 0 aromatic heterocycles. The van der Waals surface area contributed by atoms with Crippen molar-refractivity contribution in [3.63, 3.8) is 0 Å². The van der Waals surface area contributed by atoms with Crippen molar-refractivity contribution in [1.29, 1.82) is 0 Å². The van der Waals surface area contributed by atoms with Crippen LogP contribution < -0.4 is 5.19 Å². The van der Waals surface area contributed by atoms with Gasteiger partial charge in [-0.25, -0.2) is 0 Å². The highest BCUT2D eigenvalue weighted by Crippen LogP contribution is 2.04. The van der Waals surface area contributed by atoms with Crippen LogP contribution in [0.5, 0.6) is 0 Å². The van der Waals surface area contributed by atoms with Gasteiger partial charge in [0.2, 0.25) is 0 Å². The number of benzene rings is 1. The highest BCUT2D eigenvalue weighted by molar-refractivity contribution is 7.32. The molecular formula is C10H20Si3. The van der Waals surface area contributed by atoms with Gasteiger partial charge < -0.3 is 0 Å². The van der Waals surface area contributed by atoms with Crippen LogP contribution in [0.1, 0.15) is 16.7 Å². The van der Waals surface area contributed by atoms with Crippen molar-refractivity contribution in [3.05, 3.63) is 28.8 Å². The molecule has 72 valence electrons. The molecule has 0 aliphatic heterocycles. The first-order chi connectivity index (χ1) is 6.15. The van der Waals surface area contributed by atoms with E-state index in [1.165, 1.54) is 5.56 Å². The van der Waals surface area contributed by atoms with Gasteiger partial charge in [-0.1, -0.05) is 40.6 Å². The molecule has 3 heteroatoms. The summed E-state index contributed by atoms with van der Waals surface area (Å²) in [6, 6.07) is 4.72. The van der Waals surface area contributed by atoms with Gasteiger partial charge in [0.05, 0.1) is 0 Å². The van der Waals surface area contributed by atoms with Gasteiger partial charge in [0.15, 0.2) is 0 Å². The van der Waals surface area contributed by atoms with Crippen LogP contribution in [0.3, 0.4) is 0 Å². The second-order valence-electron chi connectivity index (χ2n) is 3.98. The molecule has 0 amide bonds. The summed E-state index contributed by atoms with van der Waals surface area (Å²) in [6.45, 7) is 9.29. The molecule has 13 heavy (non-hydrogen) atoms. The Bertz CT molecular complexity index is 271. The van der Waals surface area contributed by atoms with Crippen LogP contribution in [0, 0.1) is 20.8 Å². The van der Waals surface area contributed by atoms with Gasteiger partial charge in [-0.15, -0.1) is 0 Å². The molecule has 0 heterocycles. The average Bonchev–Trinajstić information content (AvgIpc) is 2.02. The lowest BCUT2D eigenvalue weighted by molar-refractivity contribution is 1.35. The normalized spacial score (nSPS) is 13.2. The van der Waals surface area contributed by atoms with Gasteiger partial charge in [-0.2, -0.15) is 0 Å². The Balaban J connectivity index is 2.92. The fourth-order valence-electron chi connectivity index (χ4n) is 1.96. The molecule has 0 aliphatic carbocycles. The number of hydrogen-bond acceptors (Lipinski definition) is 0. The zero-order valence-corrected chi connectivity index (χ0v) is 13.5. The standard InChI is InChI=1S/C10H20Si3/c1-7-5-8(2)10(9(3)6-7)12-13-11-4/h5-6H,11-13H2,1-4H3. The van der Waals surface area contributed by atoms with Crippen LogP contribution in [-0.4, -0.2) is 26.6 Å². The molecule has 0 unspecified atom stereocenters. The first-order valence-corrected chi connectivity index (χ1v) is 15.3. The molecule has 0 atom stereocenters. The lowest BCUT2D eigenvalue weighted by Crippen LogP contribution is -2.28. The zero-order chi connectivity index (χ0) is 9.84.